The number of hydrogen-bond donors (Lipinski definition) is 0. The molecular formula is C30H40O4. The molecule has 0 saturated carbocycles. The minimum atomic E-state index is -0.116. The molecule has 0 fully saturated rings. The van der Waals surface area contributed by atoms with Crippen LogP contribution in [-0.4, -0.2) is 26.3 Å². The summed E-state index contributed by atoms with van der Waals surface area (Å²) in [6.45, 7) is 9.21. The Bertz CT molecular complexity index is 924. The van der Waals surface area contributed by atoms with Crippen LogP contribution < -0.4 is 4.74 Å². The third-order valence-electron chi connectivity index (χ3n) is 7.28. The van der Waals surface area contributed by atoms with E-state index in [0.29, 0.717) is 24.4 Å². The van der Waals surface area contributed by atoms with E-state index in [9.17, 15) is 4.79 Å². The van der Waals surface area contributed by atoms with Crippen LogP contribution in [0.2, 0.25) is 0 Å². The van der Waals surface area contributed by atoms with Crippen LogP contribution in [0.25, 0.3) is 0 Å². The average molecular weight is 465 g/mol. The summed E-state index contributed by atoms with van der Waals surface area (Å²) in [6, 6.07) is 7.92. The molecule has 0 amide bonds. The average Bonchev–Trinajstić information content (AvgIpc) is 2.84. The number of ether oxygens (including phenoxy) is 3. The van der Waals surface area contributed by atoms with E-state index in [1.54, 1.807) is 7.11 Å². The van der Waals surface area contributed by atoms with Gasteiger partial charge in [0.25, 0.3) is 0 Å². The number of allylic oxidation sites excluding steroid dienone is 7. The molecule has 2 aliphatic carbocycles. The molecule has 0 radical (unpaired) electrons. The van der Waals surface area contributed by atoms with Crippen LogP contribution in [0.5, 0.6) is 5.75 Å². The van der Waals surface area contributed by atoms with E-state index in [2.05, 4.69) is 51.2 Å². The Kier molecular flexibility index (Phi) is 9.35. The maximum absolute atomic E-state index is 12.9. The van der Waals surface area contributed by atoms with Gasteiger partial charge in [-0.05, 0) is 67.6 Å². The number of carbonyl (C=O) groups excluding carboxylic acids is 1. The lowest BCUT2D eigenvalue weighted by Gasteiger charge is -2.44. The van der Waals surface area contributed by atoms with E-state index >= 15 is 0 Å². The number of fused-ring (bicyclic) bond motifs is 1. The van der Waals surface area contributed by atoms with Crippen LogP contribution >= 0.6 is 0 Å². The Hall–Kier alpha value is -2.59. The molecule has 1 aromatic carbocycles. The van der Waals surface area contributed by atoms with Crippen molar-refractivity contribution in [1.82, 2.24) is 0 Å². The van der Waals surface area contributed by atoms with Gasteiger partial charge in [0.1, 0.15) is 5.75 Å². The van der Waals surface area contributed by atoms with Crippen molar-refractivity contribution >= 4 is 5.97 Å². The first kappa shape index (κ1) is 26.0. The van der Waals surface area contributed by atoms with Crippen molar-refractivity contribution < 1.29 is 19.0 Å². The second-order valence-electron chi connectivity index (χ2n) is 9.82. The first-order chi connectivity index (χ1) is 16.3. The summed E-state index contributed by atoms with van der Waals surface area (Å²) in [6.07, 6.45) is 16.3. The van der Waals surface area contributed by atoms with Crippen molar-refractivity contribution in [1.29, 1.82) is 0 Å². The minimum absolute atomic E-state index is 0.00155. The highest BCUT2D eigenvalue weighted by Gasteiger charge is 2.45. The number of esters is 1. The molecule has 184 valence electrons. The Balaban J connectivity index is 1.59. The molecule has 4 nitrogen and oxygen atoms in total. The van der Waals surface area contributed by atoms with Crippen molar-refractivity contribution in [3.8, 4) is 5.75 Å². The second-order valence-corrected chi connectivity index (χ2v) is 9.82. The highest BCUT2D eigenvalue weighted by atomic mass is 16.5. The lowest BCUT2D eigenvalue weighted by Crippen LogP contribution is -2.43. The van der Waals surface area contributed by atoms with Gasteiger partial charge in [-0.2, -0.15) is 0 Å². The van der Waals surface area contributed by atoms with Gasteiger partial charge in [0.05, 0.1) is 32.8 Å². The second kappa shape index (κ2) is 12.2. The summed E-state index contributed by atoms with van der Waals surface area (Å²) >= 11 is 0. The van der Waals surface area contributed by atoms with Gasteiger partial charge in [-0.3, -0.25) is 4.79 Å². The lowest BCUT2D eigenvalue weighted by atomic mass is 9.59. The molecule has 0 spiro atoms. The zero-order valence-electron chi connectivity index (χ0n) is 21.4. The zero-order chi connectivity index (χ0) is 24.7. The topological polar surface area (TPSA) is 44.8 Å². The van der Waals surface area contributed by atoms with Crippen LogP contribution in [0.4, 0.5) is 0 Å². The quantitative estimate of drug-likeness (QED) is 0.236. The molecule has 7 atom stereocenters. The fourth-order valence-corrected chi connectivity index (χ4v) is 5.51. The van der Waals surface area contributed by atoms with Crippen molar-refractivity contribution in [2.24, 2.45) is 35.5 Å². The molecule has 0 aromatic heterocycles. The van der Waals surface area contributed by atoms with Crippen LogP contribution in [0.15, 0.2) is 72.4 Å². The first-order valence-electron chi connectivity index (χ1n) is 12.4. The minimum Gasteiger partial charge on any atom is -0.497 e. The van der Waals surface area contributed by atoms with Crippen molar-refractivity contribution in [3.05, 3.63) is 77.9 Å². The molecular weight excluding hydrogens is 424 g/mol. The van der Waals surface area contributed by atoms with Gasteiger partial charge in [-0.25, -0.2) is 0 Å². The number of carbonyl (C=O) groups is 1. The third-order valence-corrected chi connectivity index (χ3v) is 7.28. The molecule has 34 heavy (non-hydrogen) atoms. The predicted molar refractivity (Wildman–Crippen MR) is 137 cm³/mol. The Labute approximate surface area is 205 Å². The van der Waals surface area contributed by atoms with E-state index in [4.69, 9.17) is 14.2 Å². The molecule has 0 unspecified atom stereocenters. The number of hydrogen-bond acceptors (Lipinski definition) is 4. The summed E-state index contributed by atoms with van der Waals surface area (Å²) in [5, 5.41) is 0. The number of methoxy groups -OCH3 is 2. The summed E-state index contributed by atoms with van der Waals surface area (Å²) in [5.74, 6) is 2.09. The molecule has 0 N–H and O–H groups in total. The van der Waals surface area contributed by atoms with Crippen molar-refractivity contribution in [3.63, 3.8) is 0 Å². The maximum Gasteiger partial charge on any atom is 0.309 e. The Morgan fingerprint density at radius 2 is 1.79 bits per heavy atom. The molecule has 1 aromatic rings. The molecule has 0 heterocycles. The summed E-state index contributed by atoms with van der Waals surface area (Å²) in [7, 11) is 3.18. The molecule has 0 bridgehead atoms. The van der Waals surface area contributed by atoms with Gasteiger partial charge in [-0.15, -0.1) is 0 Å². The van der Waals surface area contributed by atoms with Crippen LogP contribution in [-0.2, 0) is 20.9 Å². The maximum atomic E-state index is 12.9. The fourth-order valence-electron chi connectivity index (χ4n) is 5.51. The lowest BCUT2D eigenvalue weighted by molar-refractivity contribution is -0.151. The van der Waals surface area contributed by atoms with Crippen LogP contribution in [0, 0.1) is 35.5 Å². The molecule has 2 aliphatic rings. The number of benzene rings is 1. The Morgan fingerprint density at radius 3 is 2.47 bits per heavy atom. The van der Waals surface area contributed by atoms with Crippen LogP contribution in [0.1, 0.15) is 39.7 Å². The SMILES string of the molecule is COC(=O)[C@@H]1[C@H]([C@H](C)/C=C\C=C\[C@H](C)OCc2ccc(OC)cc2)C=C[C@@H]2CC(C)=C[C@@H](C)[C@@H]12. The van der Waals surface area contributed by atoms with E-state index in [1.165, 1.54) is 12.7 Å². The van der Waals surface area contributed by atoms with Gasteiger partial charge in [0.2, 0.25) is 0 Å². The van der Waals surface area contributed by atoms with Crippen LogP contribution in [0.3, 0.4) is 0 Å². The molecule has 0 aliphatic heterocycles. The summed E-state index contributed by atoms with van der Waals surface area (Å²) < 4.78 is 16.4. The van der Waals surface area contributed by atoms with Gasteiger partial charge in [0.15, 0.2) is 0 Å². The fraction of sp³-hybridized carbons (Fsp3) is 0.500. The largest absolute Gasteiger partial charge is 0.497 e. The predicted octanol–water partition coefficient (Wildman–Crippen LogP) is 6.54. The molecule has 0 saturated heterocycles. The van der Waals surface area contributed by atoms with Crippen molar-refractivity contribution in [2.45, 2.75) is 46.8 Å². The molecule has 4 heteroatoms. The standard InChI is InChI=1S/C30H40O4/c1-20-17-22(3)28-25(18-20)13-16-27(29(28)30(31)33-6)21(2)9-7-8-10-23(4)34-19-24-11-14-26(32-5)15-12-24/h7-17,21-23,25,27-29H,18-19H2,1-6H3/b9-7-,10-8+/t21-,22-,23+,25-,27+,28-,29-/m1/s1. The van der Waals surface area contributed by atoms with Gasteiger partial charge in [-0.1, -0.05) is 74.1 Å². The molecule has 3 rings (SSSR count). The van der Waals surface area contributed by atoms with Crippen molar-refractivity contribution in [2.75, 3.05) is 14.2 Å². The number of rotatable bonds is 9. The third kappa shape index (κ3) is 6.50. The van der Waals surface area contributed by atoms with E-state index in [1.807, 2.05) is 43.3 Å². The highest BCUT2D eigenvalue weighted by molar-refractivity contribution is 5.74. The Morgan fingerprint density at radius 1 is 1.09 bits per heavy atom. The van der Waals surface area contributed by atoms with Gasteiger partial charge in [0, 0.05) is 0 Å². The van der Waals surface area contributed by atoms with Gasteiger partial charge >= 0.3 is 5.97 Å². The smallest absolute Gasteiger partial charge is 0.309 e. The summed E-state index contributed by atoms with van der Waals surface area (Å²) in [4.78, 5) is 12.9. The van der Waals surface area contributed by atoms with Gasteiger partial charge < -0.3 is 14.2 Å². The monoisotopic (exact) mass is 464 g/mol. The van der Waals surface area contributed by atoms with E-state index in [0.717, 1.165) is 17.7 Å². The van der Waals surface area contributed by atoms with E-state index < -0.39 is 0 Å². The first-order valence-corrected chi connectivity index (χ1v) is 12.4. The normalized spacial score (nSPS) is 28.4. The highest BCUT2D eigenvalue weighted by Crippen LogP contribution is 2.47. The summed E-state index contributed by atoms with van der Waals surface area (Å²) in [5.41, 5.74) is 2.53. The zero-order valence-corrected chi connectivity index (χ0v) is 21.4. The van der Waals surface area contributed by atoms with E-state index in [-0.39, 0.29) is 29.8 Å².